The summed E-state index contributed by atoms with van der Waals surface area (Å²) in [5.41, 5.74) is 7.31. The number of hydrogen-bond acceptors (Lipinski definition) is 10. The molecule has 0 amide bonds. The summed E-state index contributed by atoms with van der Waals surface area (Å²) in [5, 5.41) is 42.8. The summed E-state index contributed by atoms with van der Waals surface area (Å²) >= 11 is 0. The second-order valence-corrected chi connectivity index (χ2v) is 6.79. The molecule has 1 fully saturated rings. The van der Waals surface area contributed by atoms with Crippen molar-refractivity contribution in [1.29, 1.82) is 0 Å². The van der Waals surface area contributed by atoms with Gasteiger partial charge in [-0.3, -0.25) is 4.57 Å². The molecule has 1 aliphatic heterocycles. The molecular weight excluding hydrogens is 380 g/mol. The third-order valence-electron chi connectivity index (χ3n) is 4.88. The van der Waals surface area contributed by atoms with E-state index in [0.29, 0.717) is 5.52 Å². The number of hydrogen-bond donors (Lipinski definition) is 6. The van der Waals surface area contributed by atoms with Crippen molar-refractivity contribution in [2.75, 3.05) is 24.2 Å². The number of benzene rings is 1. The van der Waals surface area contributed by atoms with Crippen molar-refractivity contribution in [2.45, 2.75) is 30.6 Å². The first kappa shape index (κ1) is 19.5. The molecule has 0 spiro atoms. The summed E-state index contributed by atoms with van der Waals surface area (Å²) in [6.07, 6.45) is -3.85. The molecule has 0 unspecified atom stereocenters. The van der Waals surface area contributed by atoms with Gasteiger partial charge in [-0.1, -0.05) is 30.3 Å². The van der Waals surface area contributed by atoms with Crippen LogP contribution in [0, 0.1) is 0 Å². The Morgan fingerprint density at radius 3 is 2.62 bits per heavy atom. The van der Waals surface area contributed by atoms with Gasteiger partial charge in [-0.05, 0) is 5.56 Å². The molecule has 0 bridgehead atoms. The van der Waals surface area contributed by atoms with Crippen molar-refractivity contribution < 1.29 is 25.2 Å². The Bertz CT molecular complexity index is 984. The number of imidazole rings is 1. The van der Waals surface area contributed by atoms with Crippen LogP contribution in [0.25, 0.3) is 11.2 Å². The minimum Gasteiger partial charge on any atom is -0.394 e. The number of aliphatic hydroxyl groups is 4. The zero-order valence-electron chi connectivity index (χ0n) is 15.3. The van der Waals surface area contributed by atoms with E-state index in [1.165, 1.54) is 10.9 Å². The maximum Gasteiger partial charge on any atom is 0.226 e. The van der Waals surface area contributed by atoms with E-state index in [0.717, 1.165) is 5.56 Å². The highest BCUT2D eigenvalue weighted by Crippen LogP contribution is 2.32. The number of nitrogens with one attached hydrogen (secondary N) is 1. The molecule has 29 heavy (non-hydrogen) atoms. The van der Waals surface area contributed by atoms with Crippen LogP contribution in [0.5, 0.6) is 0 Å². The van der Waals surface area contributed by atoms with Gasteiger partial charge in [0.05, 0.1) is 19.0 Å². The van der Waals surface area contributed by atoms with Gasteiger partial charge in [-0.15, -0.1) is 0 Å². The molecule has 3 heterocycles. The lowest BCUT2D eigenvalue weighted by Crippen LogP contribution is -2.33. The second-order valence-electron chi connectivity index (χ2n) is 6.79. The molecule has 0 radical (unpaired) electrons. The fourth-order valence-electron chi connectivity index (χ4n) is 3.29. The number of nitrogens with two attached hydrogens (primary N) is 1. The lowest BCUT2D eigenvalue weighted by Gasteiger charge is -2.17. The van der Waals surface area contributed by atoms with Crippen molar-refractivity contribution in [3.8, 4) is 0 Å². The first-order chi connectivity index (χ1) is 14.0. The fraction of sp³-hybridized carbons (Fsp3) is 0.389. The second kappa shape index (κ2) is 7.89. The van der Waals surface area contributed by atoms with E-state index in [4.69, 9.17) is 10.5 Å². The molecule has 0 aliphatic carbocycles. The molecule has 2 aromatic heterocycles. The van der Waals surface area contributed by atoms with Crippen LogP contribution in [-0.4, -0.2) is 71.4 Å². The third-order valence-corrected chi connectivity index (χ3v) is 4.88. The van der Waals surface area contributed by atoms with E-state index < -0.39 is 37.3 Å². The first-order valence-electron chi connectivity index (χ1n) is 9.09. The number of anilines is 2. The van der Waals surface area contributed by atoms with Gasteiger partial charge in [0.1, 0.15) is 23.8 Å². The molecule has 154 valence electrons. The van der Waals surface area contributed by atoms with Crippen molar-refractivity contribution in [3.05, 3.63) is 42.2 Å². The van der Waals surface area contributed by atoms with Crippen LogP contribution >= 0.6 is 0 Å². The lowest BCUT2D eigenvalue weighted by atomic mass is 10.1. The zero-order chi connectivity index (χ0) is 20.5. The molecule has 7 N–H and O–H groups in total. The van der Waals surface area contributed by atoms with Gasteiger partial charge in [0.2, 0.25) is 5.95 Å². The quantitative estimate of drug-likeness (QED) is 0.305. The van der Waals surface area contributed by atoms with E-state index >= 15 is 0 Å². The van der Waals surface area contributed by atoms with Crippen LogP contribution in [0.15, 0.2) is 36.7 Å². The number of nitrogen functional groups attached to an aromatic ring is 1. The Kier molecular flexibility index (Phi) is 5.30. The Labute approximate surface area is 165 Å². The predicted octanol–water partition coefficient (Wildman–Crippen LogP) is -0.835. The minimum absolute atomic E-state index is 0.109. The molecule has 1 aliphatic rings. The summed E-state index contributed by atoms with van der Waals surface area (Å²) in [6, 6.07) is 9.14. The average molecular weight is 402 g/mol. The maximum atomic E-state index is 10.3. The number of aromatic nitrogens is 4. The van der Waals surface area contributed by atoms with Gasteiger partial charge in [0, 0.05) is 6.54 Å². The average Bonchev–Trinajstić information content (AvgIpc) is 3.28. The van der Waals surface area contributed by atoms with E-state index in [1.54, 1.807) is 0 Å². The van der Waals surface area contributed by atoms with E-state index in [9.17, 15) is 20.4 Å². The SMILES string of the molecule is Nc1nc(NC[C@H](O)c2ccccc2)nc2c1ncn2[C@@H]1O[C@H](CO)[C@@H](O)[C@H]1O. The Morgan fingerprint density at radius 1 is 1.17 bits per heavy atom. The number of aliphatic hydroxyl groups excluding tert-OH is 4. The monoisotopic (exact) mass is 402 g/mol. The molecule has 0 saturated carbocycles. The van der Waals surface area contributed by atoms with E-state index in [2.05, 4.69) is 20.3 Å². The standard InChI is InChI=1S/C18H22N6O5/c19-15-12-16(24(8-21-12)17-14(28)13(27)11(7-25)29-17)23-18(22-15)20-6-10(26)9-4-2-1-3-5-9/h1-5,8,10-11,13-14,17,25-28H,6-7H2,(H3,19,20,22,23)/t10-,11+,13+,14+,17+/m0/s1. The van der Waals surface area contributed by atoms with Crippen molar-refractivity contribution in [3.63, 3.8) is 0 Å². The van der Waals surface area contributed by atoms with Crippen LogP contribution in [0.2, 0.25) is 0 Å². The highest BCUT2D eigenvalue weighted by molar-refractivity contribution is 5.83. The number of rotatable bonds is 6. The van der Waals surface area contributed by atoms with Gasteiger partial charge in [-0.2, -0.15) is 9.97 Å². The molecule has 1 aromatic carbocycles. The Hall–Kier alpha value is -2.83. The van der Waals surface area contributed by atoms with Crippen molar-refractivity contribution >= 4 is 22.9 Å². The molecule has 11 heteroatoms. The Balaban J connectivity index is 1.59. The molecule has 11 nitrogen and oxygen atoms in total. The van der Waals surface area contributed by atoms with E-state index in [1.807, 2.05) is 30.3 Å². The first-order valence-corrected chi connectivity index (χ1v) is 9.09. The number of fused-ring (bicyclic) bond motifs is 1. The van der Waals surface area contributed by atoms with Crippen LogP contribution in [0.4, 0.5) is 11.8 Å². The van der Waals surface area contributed by atoms with Crippen LogP contribution in [0.1, 0.15) is 17.9 Å². The summed E-state index contributed by atoms with van der Waals surface area (Å²) in [6.45, 7) is -0.292. The van der Waals surface area contributed by atoms with Crippen LogP contribution < -0.4 is 11.1 Å². The van der Waals surface area contributed by atoms with Gasteiger partial charge < -0.3 is 36.2 Å². The summed E-state index contributed by atoms with van der Waals surface area (Å²) in [4.78, 5) is 12.7. The van der Waals surface area contributed by atoms with Gasteiger partial charge in [-0.25, -0.2) is 4.98 Å². The summed E-state index contributed by atoms with van der Waals surface area (Å²) in [7, 11) is 0. The molecule has 5 atom stereocenters. The largest absolute Gasteiger partial charge is 0.394 e. The molecule has 1 saturated heterocycles. The maximum absolute atomic E-state index is 10.3. The van der Waals surface area contributed by atoms with Crippen molar-refractivity contribution in [1.82, 2.24) is 19.5 Å². The fourth-order valence-corrected chi connectivity index (χ4v) is 3.29. The topological polar surface area (TPSA) is 172 Å². The van der Waals surface area contributed by atoms with E-state index in [-0.39, 0.29) is 24.0 Å². The zero-order valence-corrected chi connectivity index (χ0v) is 15.3. The highest BCUT2D eigenvalue weighted by atomic mass is 16.6. The predicted molar refractivity (Wildman–Crippen MR) is 103 cm³/mol. The normalized spacial score (nSPS) is 25.4. The highest BCUT2D eigenvalue weighted by Gasteiger charge is 2.44. The summed E-state index contributed by atoms with van der Waals surface area (Å²) in [5.74, 6) is 0.274. The van der Waals surface area contributed by atoms with Crippen LogP contribution in [-0.2, 0) is 4.74 Å². The summed E-state index contributed by atoms with van der Waals surface area (Å²) < 4.78 is 6.96. The molecular formula is C18H22N6O5. The smallest absolute Gasteiger partial charge is 0.226 e. The Morgan fingerprint density at radius 2 is 1.93 bits per heavy atom. The minimum atomic E-state index is -1.28. The van der Waals surface area contributed by atoms with Gasteiger partial charge in [0.25, 0.3) is 0 Å². The molecule has 4 rings (SSSR count). The lowest BCUT2D eigenvalue weighted by molar-refractivity contribution is -0.0511. The third kappa shape index (κ3) is 3.61. The number of ether oxygens (including phenoxy) is 1. The number of nitrogens with zero attached hydrogens (tertiary/aromatic N) is 4. The van der Waals surface area contributed by atoms with Crippen LogP contribution in [0.3, 0.4) is 0 Å². The van der Waals surface area contributed by atoms with Gasteiger partial charge >= 0.3 is 0 Å². The van der Waals surface area contributed by atoms with Crippen molar-refractivity contribution in [2.24, 2.45) is 0 Å². The van der Waals surface area contributed by atoms with Gasteiger partial charge in [0.15, 0.2) is 17.7 Å². The molecule has 3 aromatic rings.